The Balaban J connectivity index is 1.48. The molecule has 1 aliphatic rings. The van der Waals surface area contributed by atoms with Gasteiger partial charge in [-0.2, -0.15) is 0 Å². The van der Waals surface area contributed by atoms with E-state index >= 15 is 0 Å². The molecule has 0 aliphatic carbocycles. The first kappa shape index (κ1) is 15.8. The number of benzene rings is 2. The summed E-state index contributed by atoms with van der Waals surface area (Å²) in [5.41, 5.74) is 3.64. The molecule has 2 heterocycles. The number of aromatic nitrogens is 2. The van der Waals surface area contributed by atoms with E-state index in [2.05, 4.69) is 26.4 Å². The number of carbonyl (C=O) groups is 1. The van der Waals surface area contributed by atoms with E-state index < -0.39 is 0 Å². The van der Waals surface area contributed by atoms with Gasteiger partial charge in [-0.15, -0.1) is 0 Å². The van der Waals surface area contributed by atoms with Gasteiger partial charge in [0.15, 0.2) is 5.16 Å². The molecule has 0 saturated heterocycles. The van der Waals surface area contributed by atoms with Crippen LogP contribution in [0.3, 0.4) is 0 Å². The second kappa shape index (κ2) is 7.03. The molecule has 0 bridgehead atoms. The van der Waals surface area contributed by atoms with Crippen LogP contribution in [-0.4, -0.2) is 21.3 Å². The number of thioether (sulfide) groups is 1. The largest absolute Gasteiger partial charge is 0.334 e. The Morgan fingerprint density at radius 3 is 2.76 bits per heavy atom. The smallest absolute Gasteiger partial charge is 0.319 e. The highest BCUT2D eigenvalue weighted by Gasteiger charge is 2.17. The van der Waals surface area contributed by atoms with Crippen LogP contribution in [0.25, 0.3) is 11.3 Å². The fraction of sp³-hybridized carbons (Fsp3) is 0.158. The number of nitrogens with one attached hydrogen (secondary N) is 2. The molecule has 0 atom stereocenters. The van der Waals surface area contributed by atoms with Gasteiger partial charge in [0.1, 0.15) is 0 Å². The highest BCUT2D eigenvalue weighted by Crippen LogP contribution is 2.32. The molecular formula is C19H18N4OS. The highest BCUT2D eigenvalue weighted by atomic mass is 32.2. The van der Waals surface area contributed by atoms with E-state index in [0.29, 0.717) is 6.54 Å². The second-order valence-electron chi connectivity index (χ2n) is 5.79. The standard InChI is InChI=1S/C19H18N4OS/c24-18(20-12-14-6-2-1-3-7-14)21-16-9-5-4-8-15(16)17-13-23-10-11-25-19(23)22-17/h1-9,13H,10-12H2,(H2,20,21,24). The number of hydrogen-bond acceptors (Lipinski definition) is 3. The zero-order valence-corrected chi connectivity index (χ0v) is 14.4. The summed E-state index contributed by atoms with van der Waals surface area (Å²) in [5, 5.41) is 6.86. The van der Waals surface area contributed by atoms with Crippen LogP contribution >= 0.6 is 11.8 Å². The first-order valence-corrected chi connectivity index (χ1v) is 9.16. The van der Waals surface area contributed by atoms with Gasteiger partial charge in [-0.1, -0.05) is 60.3 Å². The van der Waals surface area contributed by atoms with Crippen molar-refractivity contribution in [1.82, 2.24) is 14.9 Å². The third-order valence-electron chi connectivity index (χ3n) is 4.05. The lowest BCUT2D eigenvalue weighted by atomic mass is 10.1. The summed E-state index contributed by atoms with van der Waals surface area (Å²) in [7, 11) is 0. The zero-order chi connectivity index (χ0) is 17.1. The molecule has 0 spiro atoms. The first-order chi connectivity index (χ1) is 12.3. The number of anilines is 1. The van der Waals surface area contributed by atoms with E-state index in [-0.39, 0.29) is 6.03 Å². The summed E-state index contributed by atoms with van der Waals surface area (Å²) in [5.74, 6) is 1.07. The second-order valence-corrected chi connectivity index (χ2v) is 6.85. The quantitative estimate of drug-likeness (QED) is 0.748. The van der Waals surface area contributed by atoms with Crippen LogP contribution in [0.15, 0.2) is 66.0 Å². The number of amides is 2. The molecule has 0 radical (unpaired) electrons. The fourth-order valence-corrected chi connectivity index (χ4v) is 3.74. The van der Waals surface area contributed by atoms with Crippen LogP contribution in [0.4, 0.5) is 10.5 Å². The molecule has 1 aromatic heterocycles. The molecule has 2 aromatic carbocycles. The third kappa shape index (κ3) is 3.53. The average molecular weight is 350 g/mol. The van der Waals surface area contributed by atoms with Gasteiger partial charge in [-0.05, 0) is 11.6 Å². The zero-order valence-electron chi connectivity index (χ0n) is 13.6. The van der Waals surface area contributed by atoms with Gasteiger partial charge in [0.05, 0.1) is 11.4 Å². The molecule has 4 rings (SSSR count). The Kier molecular flexibility index (Phi) is 4.43. The molecule has 0 unspecified atom stereocenters. The normalized spacial score (nSPS) is 12.6. The van der Waals surface area contributed by atoms with Crippen LogP contribution in [-0.2, 0) is 13.1 Å². The van der Waals surface area contributed by atoms with Crippen molar-refractivity contribution >= 4 is 23.5 Å². The summed E-state index contributed by atoms with van der Waals surface area (Å²) < 4.78 is 2.16. The summed E-state index contributed by atoms with van der Waals surface area (Å²) in [4.78, 5) is 16.9. The van der Waals surface area contributed by atoms with Gasteiger partial charge in [0.2, 0.25) is 0 Å². The number of fused-ring (bicyclic) bond motifs is 1. The van der Waals surface area contributed by atoms with E-state index in [0.717, 1.165) is 40.0 Å². The average Bonchev–Trinajstić information content (AvgIpc) is 3.23. The number of nitrogens with zero attached hydrogens (tertiary/aromatic N) is 2. The van der Waals surface area contributed by atoms with E-state index in [1.54, 1.807) is 11.8 Å². The third-order valence-corrected chi connectivity index (χ3v) is 5.02. The number of aryl methyl sites for hydroxylation is 1. The van der Waals surface area contributed by atoms with Gasteiger partial charge in [-0.25, -0.2) is 9.78 Å². The molecule has 2 amide bonds. The highest BCUT2D eigenvalue weighted by molar-refractivity contribution is 7.99. The van der Waals surface area contributed by atoms with Crippen molar-refractivity contribution in [2.45, 2.75) is 18.2 Å². The first-order valence-electron chi connectivity index (χ1n) is 8.18. The van der Waals surface area contributed by atoms with Crippen molar-refractivity contribution in [3.63, 3.8) is 0 Å². The molecule has 0 saturated carbocycles. The SMILES string of the molecule is O=C(NCc1ccccc1)Nc1ccccc1-c1cn2c(n1)SCC2. The van der Waals surface area contributed by atoms with Crippen LogP contribution in [0.2, 0.25) is 0 Å². The molecule has 6 heteroatoms. The van der Waals surface area contributed by atoms with E-state index in [1.807, 2.05) is 54.6 Å². The minimum Gasteiger partial charge on any atom is -0.334 e. The van der Waals surface area contributed by atoms with Gasteiger partial charge in [0, 0.05) is 30.6 Å². The number of carbonyl (C=O) groups excluding carboxylic acids is 1. The molecule has 0 fully saturated rings. The predicted molar refractivity (Wildman–Crippen MR) is 101 cm³/mol. The number of urea groups is 1. The molecular weight excluding hydrogens is 332 g/mol. The van der Waals surface area contributed by atoms with E-state index in [4.69, 9.17) is 0 Å². The number of imidazole rings is 1. The minimum absolute atomic E-state index is 0.225. The van der Waals surface area contributed by atoms with Crippen molar-refractivity contribution in [2.75, 3.05) is 11.1 Å². The molecule has 3 aromatic rings. The Hall–Kier alpha value is -2.73. The molecule has 126 valence electrons. The Morgan fingerprint density at radius 2 is 1.92 bits per heavy atom. The monoisotopic (exact) mass is 350 g/mol. The lowest BCUT2D eigenvalue weighted by molar-refractivity contribution is 0.252. The Bertz CT molecular complexity index is 870. The van der Waals surface area contributed by atoms with Crippen LogP contribution in [0.5, 0.6) is 0 Å². The van der Waals surface area contributed by atoms with Gasteiger partial charge < -0.3 is 15.2 Å². The van der Waals surface area contributed by atoms with Crippen molar-refractivity contribution in [3.8, 4) is 11.3 Å². The maximum absolute atomic E-state index is 12.3. The molecule has 2 N–H and O–H groups in total. The van der Waals surface area contributed by atoms with Crippen LogP contribution in [0.1, 0.15) is 5.56 Å². The Labute approximate surface area is 150 Å². The summed E-state index contributed by atoms with van der Waals surface area (Å²) in [6, 6.07) is 17.4. The van der Waals surface area contributed by atoms with Gasteiger partial charge in [0.25, 0.3) is 0 Å². The van der Waals surface area contributed by atoms with Crippen molar-refractivity contribution in [1.29, 1.82) is 0 Å². The summed E-state index contributed by atoms with van der Waals surface area (Å²) >= 11 is 1.76. The Morgan fingerprint density at radius 1 is 1.12 bits per heavy atom. The maximum atomic E-state index is 12.3. The molecule has 1 aliphatic heterocycles. The lowest BCUT2D eigenvalue weighted by Crippen LogP contribution is -2.28. The minimum atomic E-state index is -0.225. The topological polar surface area (TPSA) is 59.0 Å². The van der Waals surface area contributed by atoms with Gasteiger partial charge in [-0.3, -0.25) is 0 Å². The van der Waals surface area contributed by atoms with E-state index in [9.17, 15) is 4.79 Å². The lowest BCUT2D eigenvalue weighted by Gasteiger charge is -2.11. The van der Waals surface area contributed by atoms with Crippen molar-refractivity contribution < 1.29 is 4.79 Å². The number of hydrogen-bond donors (Lipinski definition) is 2. The predicted octanol–water partition coefficient (Wildman–Crippen LogP) is 3.98. The van der Waals surface area contributed by atoms with Crippen molar-refractivity contribution in [3.05, 3.63) is 66.4 Å². The number of para-hydroxylation sites is 1. The molecule has 25 heavy (non-hydrogen) atoms. The molecule has 5 nitrogen and oxygen atoms in total. The fourth-order valence-electron chi connectivity index (χ4n) is 2.80. The van der Waals surface area contributed by atoms with E-state index in [1.165, 1.54) is 0 Å². The number of rotatable bonds is 4. The summed E-state index contributed by atoms with van der Waals surface area (Å²) in [6.45, 7) is 1.48. The van der Waals surface area contributed by atoms with Crippen LogP contribution < -0.4 is 10.6 Å². The van der Waals surface area contributed by atoms with Crippen molar-refractivity contribution in [2.24, 2.45) is 0 Å². The van der Waals surface area contributed by atoms with Crippen LogP contribution in [0, 0.1) is 0 Å². The van der Waals surface area contributed by atoms with Gasteiger partial charge >= 0.3 is 6.03 Å². The summed E-state index contributed by atoms with van der Waals surface area (Å²) in [6.07, 6.45) is 2.05. The maximum Gasteiger partial charge on any atom is 0.319 e.